The lowest BCUT2D eigenvalue weighted by molar-refractivity contribution is 0.285. The molecular weight excluding hydrogens is 236 g/mol. The van der Waals surface area contributed by atoms with Crippen LogP contribution in [0.2, 0.25) is 0 Å². The minimum Gasteiger partial charge on any atom is -0.465 e. The van der Waals surface area contributed by atoms with Gasteiger partial charge in [-0.3, -0.25) is 4.90 Å². The Labute approximate surface area is 118 Å². The first-order valence-electron chi connectivity index (χ1n) is 7.52. The van der Waals surface area contributed by atoms with E-state index in [1.807, 2.05) is 13.0 Å². The van der Waals surface area contributed by atoms with Crippen molar-refractivity contribution in [3.8, 4) is 0 Å². The molecule has 0 fully saturated rings. The fourth-order valence-electron chi connectivity index (χ4n) is 2.11. The molecule has 19 heavy (non-hydrogen) atoms. The van der Waals surface area contributed by atoms with E-state index in [0.717, 1.165) is 43.6 Å². The van der Waals surface area contributed by atoms with Crippen molar-refractivity contribution in [3.05, 3.63) is 23.7 Å². The van der Waals surface area contributed by atoms with Gasteiger partial charge in [-0.2, -0.15) is 0 Å². The molecule has 1 aromatic rings. The van der Waals surface area contributed by atoms with Gasteiger partial charge in [0.25, 0.3) is 0 Å². The first-order valence-corrected chi connectivity index (χ1v) is 7.52. The fraction of sp³-hybridized carbons (Fsp3) is 0.750. The van der Waals surface area contributed by atoms with E-state index in [1.54, 1.807) is 0 Å². The summed E-state index contributed by atoms with van der Waals surface area (Å²) in [5.74, 6) is 2.82. The number of rotatable bonds is 10. The molecule has 110 valence electrons. The van der Waals surface area contributed by atoms with Crippen LogP contribution in [-0.4, -0.2) is 31.6 Å². The van der Waals surface area contributed by atoms with Gasteiger partial charge in [0.15, 0.2) is 0 Å². The second kappa shape index (κ2) is 9.16. The number of aryl methyl sites for hydroxylation is 1. The molecule has 0 spiro atoms. The lowest BCUT2D eigenvalue weighted by Gasteiger charge is -2.15. The molecule has 1 aromatic heterocycles. The smallest absolute Gasteiger partial charge is 0.118 e. The van der Waals surface area contributed by atoms with Crippen LogP contribution in [0.25, 0.3) is 0 Å². The number of nitrogens with zero attached hydrogens (tertiary/aromatic N) is 1. The Hall–Kier alpha value is -0.800. The van der Waals surface area contributed by atoms with Crippen molar-refractivity contribution in [2.24, 2.45) is 5.92 Å². The Morgan fingerprint density at radius 1 is 1.21 bits per heavy atom. The average molecular weight is 266 g/mol. The second-order valence-corrected chi connectivity index (χ2v) is 5.91. The van der Waals surface area contributed by atoms with Gasteiger partial charge in [-0.25, -0.2) is 0 Å². The van der Waals surface area contributed by atoms with E-state index in [1.165, 1.54) is 19.3 Å². The van der Waals surface area contributed by atoms with Crippen molar-refractivity contribution < 1.29 is 4.42 Å². The van der Waals surface area contributed by atoms with Crippen molar-refractivity contribution >= 4 is 0 Å². The predicted octanol–water partition coefficient (Wildman–Crippen LogP) is 3.44. The molecule has 3 nitrogen and oxygen atoms in total. The molecule has 3 heteroatoms. The zero-order valence-corrected chi connectivity index (χ0v) is 13.0. The summed E-state index contributed by atoms with van der Waals surface area (Å²) in [6, 6.07) is 4.10. The van der Waals surface area contributed by atoms with Crippen molar-refractivity contribution in [2.75, 3.05) is 26.7 Å². The third kappa shape index (κ3) is 8.06. The van der Waals surface area contributed by atoms with E-state index in [0.29, 0.717) is 0 Å². The minimum absolute atomic E-state index is 0.753. The lowest BCUT2D eigenvalue weighted by Crippen LogP contribution is -2.21. The normalized spacial score (nSPS) is 11.7. The van der Waals surface area contributed by atoms with E-state index in [4.69, 9.17) is 4.42 Å². The summed E-state index contributed by atoms with van der Waals surface area (Å²) in [7, 11) is 2.16. The Balaban J connectivity index is 1.97. The van der Waals surface area contributed by atoms with Crippen molar-refractivity contribution in [1.29, 1.82) is 0 Å². The second-order valence-electron chi connectivity index (χ2n) is 5.91. The van der Waals surface area contributed by atoms with Gasteiger partial charge in [-0.1, -0.05) is 20.3 Å². The van der Waals surface area contributed by atoms with Crippen LogP contribution >= 0.6 is 0 Å². The van der Waals surface area contributed by atoms with Crippen LogP contribution in [0, 0.1) is 12.8 Å². The molecule has 1 heterocycles. The maximum Gasteiger partial charge on any atom is 0.118 e. The highest BCUT2D eigenvalue weighted by molar-refractivity contribution is 5.05. The van der Waals surface area contributed by atoms with E-state index in [-0.39, 0.29) is 0 Å². The molecule has 0 amide bonds. The molecule has 0 atom stereocenters. The molecule has 0 aromatic carbocycles. The lowest BCUT2D eigenvalue weighted by atomic mass is 10.2. The Morgan fingerprint density at radius 2 is 2.00 bits per heavy atom. The molecule has 0 aliphatic heterocycles. The topological polar surface area (TPSA) is 28.4 Å². The van der Waals surface area contributed by atoms with Crippen LogP contribution in [0.3, 0.4) is 0 Å². The zero-order chi connectivity index (χ0) is 14.1. The molecule has 1 N–H and O–H groups in total. The van der Waals surface area contributed by atoms with Crippen molar-refractivity contribution in [2.45, 2.75) is 46.6 Å². The monoisotopic (exact) mass is 266 g/mol. The number of unbranched alkanes of at least 4 members (excludes halogenated alkanes) is 2. The molecule has 0 radical (unpaired) electrons. The van der Waals surface area contributed by atoms with Crippen LogP contribution < -0.4 is 5.32 Å². The van der Waals surface area contributed by atoms with Crippen LogP contribution in [0.15, 0.2) is 16.5 Å². The highest BCUT2D eigenvalue weighted by Crippen LogP contribution is 2.09. The van der Waals surface area contributed by atoms with Gasteiger partial charge in [0, 0.05) is 0 Å². The highest BCUT2D eigenvalue weighted by atomic mass is 16.3. The number of hydrogen-bond donors (Lipinski definition) is 1. The first kappa shape index (κ1) is 16.3. The largest absolute Gasteiger partial charge is 0.465 e. The van der Waals surface area contributed by atoms with Gasteiger partial charge >= 0.3 is 0 Å². The third-order valence-electron chi connectivity index (χ3n) is 3.17. The van der Waals surface area contributed by atoms with Gasteiger partial charge < -0.3 is 9.73 Å². The van der Waals surface area contributed by atoms with Gasteiger partial charge in [0.1, 0.15) is 11.5 Å². The predicted molar refractivity (Wildman–Crippen MR) is 81.3 cm³/mol. The standard InChI is InChI=1S/C16H30N2O/c1-14(2)12-17-10-6-5-7-11-18(4)13-16-9-8-15(3)19-16/h8-9,14,17H,5-7,10-13H2,1-4H3. The summed E-state index contributed by atoms with van der Waals surface area (Å²) in [4.78, 5) is 2.33. The molecule has 0 aliphatic carbocycles. The average Bonchev–Trinajstić information content (AvgIpc) is 2.73. The summed E-state index contributed by atoms with van der Waals surface area (Å²) in [5.41, 5.74) is 0. The molecular formula is C16H30N2O. The summed E-state index contributed by atoms with van der Waals surface area (Å²) >= 11 is 0. The van der Waals surface area contributed by atoms with E-state index >= 15 is 0 Å². The van der Waals surface area contributed by atoms with Gasteiger partial charge in [-0.15, -0.1) is 0 Å². The maximum atomic E-state index is 5.58. The molecule has 0 bridgehead atoms. The Bertz CT molecular complexity index is 333. The van der Waals surface area contributed by atoms with Crippen LogP contribution in [-0.2, 0) is 6.54 Å². The van der Waals surface area contributed by atoms with Crippen molar-refractivity contribution in [3.63, 3.8) is 0 Å². The minimum atomic E-state index is 0.753. The van der Waals surface area contributed by atoms with E-state index in [2.05, 4.69) is 37.2 Å². The van der Waals surface area contributed by atoms with Crippen LogP contribution in [0.5, 0.6) is 0 Å². The first-order chi connectivity index (χ1) is 9.08. The molecule has 0 unspecified atom stereocenters. The van der Waals surface area contributed by atoms with Crippen LogP contribution in [0.1, 0.15) is 44.6 Å². The number of hydrogen-bond acceptors (Lipinski definition) is 3. The molecule has 0 aliphatic rings. The summed E-state index contributed by atoms with van der Waals surface area (Å²) in [5, 5.41) is 3.49. The highest BCUT2D eigenvalue weighted by Gasteiger charge is 2.03. The molecule has 0 saturated heterocycles. The molecule has 0 saturated carbocycles. The quantitative estimate of drug-likeness (QED) is 0.658. The van der Waals surface area contributed by atoms with Gasteiger partial charge in [-0.05, 0) is 64.5 Å². The zero-order valence-electron chi connectivity index (χ0n) is 13.0. The fourth-order valence-corrected chi connectivity index (χ4v) is 2.11. The Kier molecular flexibility index (Phi) is 7.84. The summed E-state index contributed by atoms with van der Waals surface area (Å²) in [6.07, 6.45) is 3.84. The third-order valence-corrected chi connectivity index (χ3v) is 3.17. The van der Waals surface area contributed by atoms with Gasteiger partial charge in [0.05, 0.1) is 6.54 Å². The van der Waals surface area contributed by atoms with E-state index < -0.39 is 0 Å². The van der Waals surface area contributed by atoms with E-state index in [9.17, 15) is 0 Å². The van der Waals surface area contributed by atoms with Crippen LogP contribution in [0.4, 0.5) is 0 Å². The van der Waals surface area contributed by atoms with Gasteiger partial charge in [0.2, 0.25) is 0 Å². The van der Waals surface area contributed by atoms with Crippen molar-refractivity contribution in [1.82, 2.24) is 10.2 Å². The number of nitrogens with one attached hydrogen (secondary N) is 1. The SMILES string of the molecule is Cc1ccc(CN(C)CCCCCNCC(C)C)o1. The summed E-state index contributed by atoms with van der Waals surface area (Å²) < 4.78 is 5.58. The maximum absolute atomic E-state index is 5.58. The molecule has 1 rings (SSSR count). The number of furan rings is 1. The summed E-state index contributed by atoms with van der Waals surface area (Å²) in [6.45, 7) is 10.8. The Morgan fingerprint density at radius 3 is 2.63 bits per heavy atom.